The molecule has 0 saturated carbocycles. The van der Waals surface area contributed by atoms with Crippen molar-refractivity contribution < 1.29 is 0 Å². The van der Waals surface area contributed by atoms with Gasteiger partial charge in [0.25, 0.3) is 0 Å². The molecule has 0 radical (unpaired) electrons. The van der Waals surface area contributed by atoms with Gasteiger partial charge in [-0.25, -0.2) is 0 Å². The molecule has 0 nitrogen and oxygen atoms in total. The molecular weight excluding hydrogens is 136 g/mol. The predicted molar refractivity (Wildman–Crippen MR) is 37.7 cm³/mol. The van der Waals surface area contributed by atoms with Crippen LogP contribution in [0.5, 0.6) is 0 Å². The lowest BCUT2D eigenvalue weighted by Gasteiger charge is -2.09. The van der Waals surface area contributed by atoms with Crippen LogP contribution < -0.4 is 0 Å². The third-order valence-electron chi connectivity index (χ3n) is 0.806. The van der Waals surface area contributed by atoms with E-state index >= 15 is 0 Å². The molecule has 0 atom stereocenters. The van der Waals surface area contributed by atoms with Crippen LogP contribution in [0.15, 0.2) is 34.1 Å². The summed E-state index contributed by atoms with van der Waals surface area (Å²) in [7, 11) is 0. The third-order valence-corrected chi connectivity index (χ3v) is 1.31. The summed E-state index contributed by atoms with van der Waals surface area (Å²) in [6.45, 7) is 0. The smallest absolute Gasteiger partial charge is 0.0652 e. The van der Waals surface area contributed by atoms with E-state index in [1.165, 1.54) is 0 Å². The highest BCUT2D eigenvalue weighted by Gasteiger charge is 1.67. The molecule has 0 fully saturated rings. The second-order valence-electron chi connectivity index (χ2n) is 1.47. The van der Waals surface area contributed by atoms with Gasteiger partial charge in [0, 0.05) is 0 Å². The first-order chi connectivity index (χ1) is 3.79. The Morgan fingerprint density at radius 2 is 1.50 bits per heavy atom. The molecule has 0 saturated heterocycles. The lowest BCUT2D eigenvalue weighted by Crippen LogP contribution is -1.70. The molecule has 2 heteroatoms. The van der Waals surface area contributed by atoms with Gasteiger partial charge in [-0.15, -0.1) is 6.07 Å². The first kappa shape index (κ1) is 5.79. The van der Waals surface area contributed by atoms with Gasteiger partial charge in [0.2, 0.25) is 0 Å². The molecule has 0 amide bonds. The summed E-state index contributed by atoms with van der Waals surface area (Å²) < 4.78 is 0. The Labute approximate surface area is 59.7 Å². The molecule has 1 aromatic rings. The first-order valence-corrected chi connectivity index (χ1v) is 3.05. The van der Waals surface area contributed by atoms with Crippen molar-refractivity contribution in [3.8, 4) is 0 Å². The molecule has 1 aromatic carbocycles. The van der Waals surface area contributed by atoms with Crippen molar-refractivity contribution in [2.75, 3.05) is 0 Å². The Balaban J connectivity index is 3.08. The van der Waals surface area contributed by atoms with Gasteiger partial charge in [-0.3, -0.25) is 0 Å². The number of benzene rings is 1. The van der Waals surface area contributed by atoms with Crippen LogP contribution in [-0.4, -0.2) is 0 Å². The van der Waals surface area contributed by atoms with E-state index in [0.717, 1.165) is 9.79 Å². The zero-order valence-electron chi connectivity index (χ0n) is 4.13. The van der Waals surface area contributed by atoms with E-state index in [1.54, 1.807) is 6.07 Å². The molecule has 0 spiro atoms. The minimum Gasteiger partial charge on any atom is -0.780 e. The first-order valence-electron chi connectivity index (χ1n) is 2.23. The Kier molecular flexibility index (Phi) is 1.65. The number of rotatable bonds is 0. The lowest BCUT2D eigenvalue weighted by atomic mass is 10.4. The summed E-state index contributed by atoms with van der Waals surface area (Å²) in [6.07, 6.45) is 0. The molecule has 42 valence electrons. The van der Waals surface area contributed by atoms with Crippen LogP contribution in [0.3, 0.4) is 0 Å². The summed E-state index contributed by atoms with van der Waals surface area (Å²) in [4.78, 5) is 1.63. The van der Waals surface area contributed by atoms with Crippen LogP contribution in [-0.2, 0) is 25.3 Å². The number of hydrogen-bond donors (Lipinski definition) is 0. The standard InChI is InChI=1S/C6H6S2/c7-5-2-1-3-6(8)4-5/h1-4,7-8H/p-2. The maximum Gasteiger partial charge on any atom is -0.0652 e. The molecule has 0 bridgehead atoms. The molecule has 0 heterocycles. The molecule has 0 aliphatic rings. The Bertz CT molecular complexity index is 166. The third kappa shape index (κ3) is 1.32. The van der Waals surface area contributed by atoms with Gasteiger partial charge in [-0.05, 0) is 0 Å². The van der Waals surface area contributed by atoms with Crippen LogP contribution in [0.25, 0.3) is 0 Å². The maximum absolute atomic E-state index is 4.83. The predicted octanol–water partition coefficient (Wildman–Crippen LogP) is 1.50. The van der Waals surface area contributed by atoms with Gasteiger partial charge in [-0.2, -0.15) is 9.79 Å². The van der Waals surface area contributed by atoms with Crippen molar-refractivity contribution in [1.29, 1.82) is 0 Å². The van der Waals surface area contributed by atoms with E-state index < -0.39 is 0 Å². The molecule has 8 heavy (non-hydrogen) atoms. The van der Waals surface area contributed by atoms with E-state index in [0.29, 0.717) is 0 Å². The van der Waals surface area contributed by atoms with Crippen molar-refractivity contribution in [3.05, 3.63) is 24.3 Å². The summed E-state index contributed by atoms with van der Waals surface area (Å²) in [5, 5.41) is 0. The monoisotopic (exact) mass is 140 g/mol. The number of hydrogen-bond acceptors (Lipinski definition) is 2. The van der Waals surface area contributed by atoms with E-state index in [2.05, 4.69) is 0 Å². The second-order valence-corrected chi connectivity index (χ2v) is 2.42. The summed E-state index contributed by atoms with van der Waals surface area (Å²) in [6, 6.07) is 7.37. The normalized spacial score (nSPS) is 9.00. The molecule has 0 aromatic heterocycles. The average Bonchev–Trinajstić information content (AvgIpc) is 1.64. The highest BCUT2D eigenvalue weighted by Crippen LogP contribution is 2.01. The molecule has 0 aliphatic heterocycles. The minimum absolute atomic E-state index is 0.817. The van der Waals surface area contributed by atoms with E-state index in [-0.39, 0.29) is 0 Å². The average molecular weight is 140 g/mol. The van der Waals surface area contributed by atoms with Crippen molar-refractivity contribution in [1.82, 2.24) is 0 Å². The van der Waals surface area contributed by atoms with Gasteiger partial charge in [0.15, 0.2) is 0 Å². The van der Waals surface area contributed by atoms with Crippen LogP contribution in [0, 0.1) is 0 Å². The summed E-state index contributed by atoms with van der Waals surface area (Å²) in [5.41, 5.74) is 0. The van der Waals surface area contributed by atoms with Crippen LogP contribution >= 0.6 is 0 Å². The highest BCUT2D eigenvalue weighted by atomic mass is 32.1. The second kappa shape index (κ2) is 2.29. The quantitative estimate of drug-likeness (QED) is 0.501. The zero-order valence-corrected chi connectivity index (χ0v) is 5.76. The fraction of sp³-hybridized carbons (Fsp3) is 0. The fourth-order valence-electron chi connectivity index (χ4n) is 0.474. The van der Waals surface area contributed by atoms with Crippen molar-refractivity contribution in [2.45, 2.75) is 9.79 Å². The topological polar surface area (TPSA) is 0 Å². The van der Waals surface area contributed by atoms with Crippen molar-refractivity contribution in [2.24, 2.45) is 0 Å². The molecular formula is C6H4S2-2. The van der Waals surface area contributed by atoms with E-state index in [9.17, 15) is 0 Å². The van der Waals surface area contributed by atoms with Crippen LogP contribution in [0.2, 0.25) is 0 Å². The van der Waals surface area contributed by atoms with Crippen molar-refractivity contribution in [3.63, 3.8) is 0 Å². The van der Waals surface area contributed by atoms with Gasteiger partial charge >= 0.3 is 0 Å². The maximum atomic E-state index is 4.83. The molecule has 0 unspecified atom stereocenters. The Morgan fingerprint density at radius 3 is 1.75 bits per heavy atom. The summed E-state index contributed by atoms with van der Waals surface area (Å²) >= 11 is 9.67. The van der Waals surface area contributed by atoms with E-state index in [4.69, 9.17) is 25.3 Å². The van der Waals surface area contributed by atoms with Crippen LogP contribution in [0.4, 0.5) is 0 Å². The molecule has 0 N–H and O–H groups in total. The minimum atomic E-state index is 0.817. The zero-order chi connectivity index (χ0) is 5.98. The Hall–Kier alpha value is -0.340. The molecule has 0 aliphatic carbocycles. The van der Waals surface area contributed by atoms with E-state index in [1.807, 2.05) is 18.2 Å². The summed E-state index contributed by atoms with van der Waals surface area (Å²) in [5.74, 6) is 0. The van der Waals surface area contributed by atoms with Gasteiger partial charge in [0.05, 0.1) is 0 Å². The SMILES string of the molecule is [S-]c1cccc([S-])c1. The van der Waals surface area contributed by atoms with Gasteiger partial charge in [-0.1, -0.05) is 18.2 Å². The fourth-order valence-corrected chi connectivity index (χ4v) is 0.960. The van der Waals surface area contributed by atoms with Crippen molar-refractivity contribution >= 4 is 25.3 Å². The largest absolute Gasteiger partial charge is 0.780 e. The molecule has 1 rings (SSSR count). The lowest BCUT2D eigenvalue weighted by molar-refractivity contribution is 1.35. The highest BCUT2D eigenvalue weighted by molar-refractivity contribution is 7.59. The van der Waals surface area contributed by atoms with Gasteiger partial charge in [0.1, 0.15) is 0 Å². The van der Waals surface area contributed by atoms with Gasteiger partial charge < -0.3 is 25.3 Å². The Morgan fingerprint density at radius 1 is 1.00 bits per heavy atom. The van der Waals surface area contributed by atoms with Crippen LogP contribution in [0.1, 0.15) is 0 Å².